The van der Waals surface area contributed by atoms with Crippen LogP contribution in [0.25, 0.3) is 0 Å². The molecule has 0 aliphatic carbocycles. The van der Waals surface area contributed by atoms with E-state index in [4.69, 9.17) is 0 Å². The van der Waals surface area contributed by atoms with Crippen molar-refractivity contribution in [3.8, 4) is 5.75 Å². The minimum absolute atomic E-state index is 0.192. The molecule has 0 heterocycles. The summed E-state index contributed by atoms with van der Waals surface area (Å²) < 4.78 is 26.4. The molecule has 1 aromatic rings. The molecule has 0 atom stereocenters. The van der Waals surface area contributed by atoms with Gasteiger partial charge in [-0.1, -0.05) is 12.1 Å². The number of benzene rings is 1. The molecule has 0 saturated heterocycles. The fourth-order valence-electron chi connectivity index (χ4n) is 0.943. The van der Waals surface area contributed by atoms with Crippen LogP contribution in [-0.2, 0) is 10.1 Å². The van der Waals surface area contributed by atoms with Crippen molar-refractivity contribution in [1.82, 2.24) is 0 Å². The largest absolute Gasteiger partial charge is 0.382 e. The second-order valence-electron chi connectivity index (χ2n) is 2.93. The Balaban J connectivity index is 3.13. The molecular weight excluding hydrogens is 204 g/mol. The second kappa shape index (κ2) is 3.79. The third kappa shape index (κ3) is 2.85. The lowest BCUT2D eigenvalue weighted by atomic mass is 10.1. The Morgan fingerprint density at radius 3 is 2.50 bits per heavy atom. The van der Waals surface area contributed by atoms with Crippen molar-refractivity contribution in [2.45, 2.75) is 6.92 Å². The first kappa shape index (κ1) is 10.7. The quantitative estimate of drug-likeness (QED) is 0.559. The maximum atomic E-state index is 10.8. The second-order valence-corrected chi connectivity index (χ2v) is 4.51. The molecule has 0 aromatic heterocycles. The number of hydrogen-bond donors (Lipinski definition) is 0. The van der Waals surface area contributed by atoms with Crippen molar-refractivity contribution in [2.24, 2.45) is 0 Å². The predicted octanol–water partition coefficient (Wildman–Crippen LogP) is 1.15. The molecule has 0 fully saturated rings. The Bertz CT molecular complexity index is 448. The Morgan fingerprint density at radius 1 is 1.36 bits per heavy atom. The fourth-order valence-corrected chi connectivity index (χ4v) is 1.45. The summed E-state index contributed by atoms with van der Waals surface area (Å²) in [5, 5.41) is 0. The van der Waals surface area contributed by atoms with E-state index in [-0.39, 0.29) is 5.75 Å². The molecule has 0 radical (unpaired) electrons. The molecule has 0 bridgehead atoms. The molecule has 0 aliphatic rings. The third-order valence-corrected chi connectivity index (χ3v) is 2.07. The molecule has 0 saturated carbocycles. The maximum Gasteiger partial charge on any atom is 0.306 e. The van der Waals surface area contributed by atoms with Crippen molar-refractivity contribution < 1.29 is 17.4 Å². The molecule has 5 heteroatoms. The van der Waals surface area contributed by atoms with Gasteiger partial charge in [-0.3, -0.25) is 4.79 Å². The summed E-state index contributed by atoms with van der Waals surface area (Å²) in [7, 11) is -3.54. The summed E-state index contributed by atoms with van der Waals surface area (Å²) in [5.41, 5.74) is 1.05. The van der Waals surface area contributed by atoms with E-state index in [1.165, 1.54) is 6.07 Å². The van der Waals surface area contributed by atoms with Crippen LogP contribution in [0.5, 0.6) is 5.75 Å². The van der Waals surface area contributed by atoms with Crippen LogP contribution in [-0.4, -0.2) is 21.0 Å². The highest BCUT2D eigenvalue weighted by Gasteiger charge is 2.07. The molecule has 4 nitrogen and oxygen atoms in total. The summed E-state index contributed by atoms with van der Waals surface area (Å²) >= 11 is 0. The molecule has 0 spiro atoms. The topological polar surface area (TPSA) is 60.4 Å². The summed E-state index contributed by atoms with van der Waals surface area (Å²) in [6.07, 6.45) is 1.59. The van der Waals surface area contributed by atoms with Gasteiger partial charge < -0.3 is 4.18 Å². The smallest absolute Gasteiger partial charge is 0.306 e. The van der Waals surface area contributed by atoms with E-state index in [0.29, 0.717) is 17.4 Å². The van der Waals surface area contributed by atoms with Gasteiger partial charge in [0.15, 0.2) is 0 Å². The van der Waals surface area contributed by atoms with Crippen LogP contribution >= 0.6 is 0 Å². The van der Waals surface area contributed by atoms with Crippen molar-refractivity contribution in [3.05, 3.63) is 29.3 Å². The SMILES string of the molecule is Cc1ccc(C=O)cc1OS(C)(=O)=O. The van der Waals surface area contributed by atoms with E-state index >= 15 is 0 Å². The highest BCUT2D eigenvalue weighted by atomic mass is 32.2. The van der Waals surface area contributed by atoms with Gasteiger partial charge in [-0.05, 0) is 18.6 Å². The van der Waals surface area contributed by atoms with Gasteiger partial charge in [0.1, 0.15) is 12.0 Å². The molecule has 1 aromatic carbocycles. The van der Waals surface area contributed by atoms with Crippen molar-refractivity contribution in [1.29, 1.82) is 0 Å². The standard InChI is InChI=1S/C9H10O4S/c1-7-3-4-8(6-10)5-9(7)13-14(2,11)12/h3-6H,1-2H3. The minimum atomic E-state index is -3.54. The summed E-state index contributed by atoms with van der Waals surface area (Å²) in [5.74, 6) is 0.192. The zero-order valence-corrected chi connectivity index (χ0v) is 8.67. The molecule has 14 heavy (non-hydrogen) atoms. The lowest BCUT2D eigenvalue weighted by molar-refractivity contribution is 0.112. The summed E-state index contributed by atoms with van der Waals surface area (Å²) in [6, 6.07) is 4.62. The van der Waals surface area contributed by atoms with E-state index in [2.05, 4.69) is 4.18 Å². The van der Waals surface area contributed by atoms with Gasteiger partial charge in [0.05, 0.1) is 6.26 Å². The molecule has 0 amide bonds. The molecular formula is C9H10O4S. The predicted molar refractivity (Wildman–Crippen MR) is 52.0 cm³/mol. The number of aryl methyl sites for hydroxylation is 1. The van der Waals surface area contributed by atoms with E-state index in [9.17, 15) is 13.2 Å². The summed E-state index contributed by atoms with van der Waals surface area (Å²) in [4.78, 5) is 10.4. The van der Waals surface area contributed by atoms with E-state index in [1.54, 1.807) is 19.1 Å². The first-order chi connectivity index (χ1) is 6.42. The van der Waals surface area contributed by atoms with Gasteiger partial charge in [-0.2, -0.15) is 8.42 Å². The molecule has 76 valence electrons. The van der Waals surface area contributed by atoms with E-state index in [1.807, 2.05) is 0 Å². The number of carbonyl (C=O) groups excluding carboxylic acids is 1. The lowest BCUT2D eigenvalue weighted by Gasteiger charge is -2.06. The average Bonchev–Trinajstić information content (AvgIpc) is 2.06. The van der Waals surface area contributed by atoms with Crippen LogP contribution in [0.1, 0.15) is 15.9 Å². The molecule has 0 unspecified atom stereocenters. The van der Waals surface area contributed by atoms with Gasteiger partial charge in [0.2, 0.25) is 0 Å². The van der Waals surface area contributed by atoms with Crippen LogP contribution in [0.15, 0.2) is 18.2 Å². The average molecular weight is 214 g/mol. The van der Waals surface area contributed by atoms with Crippen molar-refractivity contribution >= 4 is 16.4 Å². The Morgan fingerprint density at radius 2 is 2.00 bits per heavy atom. The van der Waals surface area contributed by atoms with Gasteiger partial charge in [0.25, 0.3) is 0 Å². The molecule has 0 aliphatic heterocycles. The highest BCUT2D eigenvalue weighted by Crippen LogP contribution is 2.19. The van der Waals surface area contributed by atoms with Gasteiger partial charge in [0, 0.05) is 5.56 Å². The zero-order chi connectivity index (χ0) is 10.8. The van der Waals surface area contributed by atoms with E-state index in [0.717, 1.165) is 6.26 Å². The van der Waals surface area contributed by atoms with Crippen LogP contribution in [0.2, 0.25) is 0 Å². The Hall–Kier alpha value is -1.36. The fraction of sp³-hybridized carbons (Fsp3) is 0.222. The van der Waals surface area contributed by atoms with Crippen molar-refractivity contribution in [2.75, 3.05) is 6.26 Å². The minimum Gasteiger partial charge on any atom is -0.382 e. The van der Waals surface area contributed by atoms with Gasteiger partial charge in [-0.15, -0.1) is 0 Å². The Kier molecular flexibility index (Phi) is 2.90. The third-order valence-electron chi connectivity index (χ3n) is 1.59. The first-order valence-electron chi connectivity index (χ1n) is 3.87. The monoisotopic (exact) mass is 214 g/mol. The zero-order valence-electron chi connectivity index (χ0n) is 7.85. The first-order valence-corrected chi connectivity index (χ1v) is 5.69. The van der Waals surface area contributed by atoms with E-state index < -0.39 is 10.1 Å². The summed E-state index contributed by atoms with van der Waals surface area (Å²) in [6.45, 7) is 1.70. The molecule has 1 rings (SSSR count). The van der Waals surface area contributed by atoms with Crippen molar-refractivity contribution in [3.63, 3.8) is 0 Å². The van der Waals surface area contributed by atoms with Crippen LogP contribution in [0.4, 0.5) is 0 Å². The number of carbonyl (C=O) groups is 1. The number of rotatable bonds is 3. The molecule has 0 N–H and O–H groups in total. The number of hydrogen-bond acceptors (Lipinski definition) is 4. The highest BCUT2D eigenvalue weighted by molar-refractivity contribution is 7.86. The van der Waals surface area contributed by atoms with Crippen LogP contribution in [0.3, 0.4) is 0 Å². The van der Waals surface area contributed by atoms with Gasteiger partial charge >= 0.3 is 10.1 Å². The van der Waals surface area contributed by atoms with Gasteiger partial charge in [-0.25, -0.2) is 0 Å². The van der Waals surface area contributed by atoms with Crippen LogP contribution in [0, 0.1) is 6.92 Å². The number of aldehydes is 1. The normalized spacial score (nSPS) is 11.0. The Labute approximate surface area is 82.6 Å². The lowest BCUT2D eigenvalue weighted by Crippen LogP contribution is -2.07. The van der Waals surface area contributed by atoms with Crippen LogP contribution < -0.4 is 4.18 Å². The maximum absolute atomic E-state index is 10.8.